The molecule has 2 aromatic heterocycles. The standard InChI is InChI=1S/C17H14ClF3N4O4S/c18-13-5-10(17(19,20)21)8-24-15(13)12(7-22)16(26)14-6-11(9-23-14)30(27,28)25-1-3-29-4-2-25/h5-6,8-9,12,23H,1-4H2. The van der Waals surface area contributed by atoms with Gasteiger partial charge < -0.3 is 9.72 Å². The summed E-state index contributed by atoms with van der Waals surface area (Å²) in [4.78, 5) is 18.6. The maximum atomic E-state index is 12.8. The number of hydrogen-bond donors (Lipinski definition) is 1. The van der Waals surface area contributed by atoms with Crippen molar-refractivity contribution in [3.05, 3.63) is 46.5 Å². The molecule has 1 N–H and O–H groups in total. The summed E-state index contributed by atoms with van der Waals surface area (Å²) in [7, 11) is -3.88. The lowest BCUT2D eigenvalue weighted by molar-refractivity contribution is -0.137. The molecule has 1 saturated heterocycles. The number of aromatic nitrogens is 2. The van der Waals surface area contributed by atoms with Crippen LogP contribution in [0.2, 0.25) is 5.02 Å². The molecule has 0 spiro atoms. The largest absolute Gasteiger partial charge is 0.417 e. The second-order valence-corrected chi connectivity index (χ2v) is 8.63. The predicted molar refractivity (Wildman–Crippen MR) is 97.3 cm³/mol. The Hall–Kier alpha value is -2.46. The Bertz CT molecular complexity index is 1100. The summed E-state index contributed by atoms with van der Waals surface area (Å²) in [5.41, 5.74) is -1.70. The Balaban J connectivity index is 1.88. The van der Waals surface area contributed by atoms with Crippen LogP contribution in [0, 0.1) is 11.3 Å². The molecule has 1 unspecified atom stereocenters. The quantitative estimate of drug-likeness (QED) is 0.683. The van der Waals surface area contributed by atoms with Gasteiger partial charge in [-0.2, -0.15) is 22.7 Å². The van der Waals surface area contributed by atoms with Crippen LogP contribution in [-0.2, 0) is 20.9 Å². The minimum atomic E-state index is -4.69. The van der Waals surface area contributed by atoms with Crippen molar-refractivity contribution < 1.29 is 31.1 Å². The molecular weight excluding hydrogens is 449 g/mol. The number of nitrogens with zero attached hydrogens (tertiary/aromatic N) is 3. The number of rotatable bonds is 5. The van der Waals surface area contributed by atoms with Gasteiger partial charge in [-0.15, -0.1) is 0 Å². The zero-order valence-corrected chi connectivity index (χ0v) is 16.7. The van der Waals surface area contributed by atoms with Crippen LogP contribution in [0.5, 0.6) is 0 Å². The highest BCUT2D eigenvalue weighted by Gasteiger charge is 2.34. The number of pyridine rings is 1. The van der Waals surface area contributed by atoms with Gasteiger partial charge in [-0.05, 0) is 12.1 Å². The van der Waals surface area contributed by atoms with Crippen molar-refractivity contribution in [2.24, 2.45) is 0 Å². The van der Waals surface area contributed by atoms with Gasteiger partial charge in [-0.3, -0.25) is 9.78 Å². The van der Waals surface area contributed by atoms with Crippen molar-refractivity contribution in [1.82, 2.24) is 14.3 Å². The number of ketones is 1. The third-order valence-corrected chi connectivity index (χ3v) is 6.57. The van der Waals surface area contributed by atoms with E-state index in [9.17, 15) is 31.6 Å². The monoisotopic (exact) mass is 462 g/mol. The first-order valence-corrected chi connectivity index (χ1v) is 10.3. The number of H-pyrrole nitrogens is 1. The molecule has 160 valence electrons. The lowest BCUT2D eigenvalue weighted by Crippen LogP contribution is -2.40. The maximum absolute atomic E-state index is 12.8. The van der Waals surface area contributed by atoms with Gasteiger partial charge in [0.25, 0.3) is 0 Å². The molecule has 3 rings (SSSR count). The topological polar surface area (TPSA) is 116 Å². The van der Waals surface area contributed by atoms with Crippen molar-refractivity contribution in [1.29, 1.82) is 5.26 Å². The zero-order valence-electron chi connectivity index (χ0n) is 15.1. The molecule has 1 aliphatic heterocycles. The Morgan fingerprint density at radius 2 is 2.00 bits per heavy atom. The van der Waals surface area contributed by atoms with Crippen LogP contribution < -0.4 is 0 Å². The Labute approximate surface area is 174 Å². The van der Waals surface area contributed by atoms with Gasteiger partial charge in [0.2, 0.25) is 15.8 Å². The van der Waals surface area contributed by atoms with E-state index in [1.165, 1.54) is 4.31 Å². The van der Waals surface area contributed by atoms with E-state index in [2.05, 4.69) is 9.97 Å². The van der Waals surface area contributed by atoms with E-state index in [0.29, 0.717) is 12.3 Å². The average molecular weight is 463 g/mol. The first-order chi connectivity index (χ1) is 14.1. The maximum Gasteiger partial charge on any atom is 0.417 e. The SMILES string of the molecule is N#CC(C(=O)c1cc(S(=O)(=O)N2CCOCC2)c[nH]1)c1ncc(C(F)(F)F)cc1Cl. The molecule has 30 heavy (non-hydrogen) atoms. The molecule has 13 heteroatoms. The van der Waals surface area contributed by atoms with E-state index in [1.54, 1.807) is 6.07 Å². The molecule has 1 atom stereocenters. The van der Waals surface area contributed by atoms with Gasteiger partial charge in [0.1, 0.15) is 4.90 Å². The fourth-order valence-corrected chi connectivity index (χ4v) is 4.50. The average Bonchev–Trinajstić information content (AvgIpc) is 3.20. The number of morpholine rings is 1. The van der Waals surface area contributed by atoms with Gasteiger partial charge >= 0.3 is 6.18 Å². The molecule has 0 amide bonds. The molecule has 2 aromatic rings. The minimum absolute atomic E-state index is 0.155. The van der Waals surface area contributed by atoms with Gasteiger partial charge in [0, 0.05) is 25.5 Å². The fraction of sp³-hybridized carbons (Fsp3) is 0.353. The third kappa shape index (κ3) is 4.34. The van der Waals surface area contributed by atoms with Crippen molar-refractivity contribution in [2.45, 2.75) is 17.0 Å². The molecular formula is C17H14ClF3N4O4S. The predicted octanol–water partition coefficient (Wildman–Crippen LogP) is 2.59. The molecule has 0 aliphatic carbocycles. The summed E-state index contributed by atoms with van der Waals surface area (Å²) in [5, 5.41) is 8.89. The van der Waals surface area contributed by atoms with Crippen molar-refractivity contribution >= 4 is 27.4 Å². The van der Waals surface area contributed by atoms with Gasteiger partial charge in [-0.25, -0.2) is 8.42 Å². The van der Waals surface area contributed by atoms with Crippen molar-refractivity contribution in [2.75, 3.05) is 26.3 Å². The fourth-order valence-electron chi connectivity index (χ4n) is 2.82. The number of carbonyl (C=O) groups excluding carboxylic acids is 1. The summed E-state index contributed by atoms with van der Waals surface area (Å²) >= 11 is 5.83. The highest BCUT2D eigenvalue weighted by molar-refractivity contribution is 7.89. The van der Waals surface area contributed by atoms with Crippen LogP contribution in [0.1, 0.15) is 27.7 Å². The minimum Gasteiger partial charge on any atom is -0.379 e. The highest BCUT2D eigenvalue weighted by Crippen LogP contribution is 2.33. The van der Waals surface area contributed by atoms with Gasteiger partial charge in [0.15, 0.2) is 5.92 Å². The number of sulfonamides is 1. The van der Waals surface area contributed by atoms with Crippen molar-refractivity contribution in [3.8, 4) is 6.07 Å². The first-order valence-electron chi connectivity index (χ1n) is 8.48. The van der Waals surface area contributed by atoms with E-state index in [0.717, 1.165) is 12.3 Å². The molecule has 1 aliphatic rings. The number of aromatic amines is 1. The number of nitriles is 1. The summed E-state index contributed by atoms with van der Waals surface area (Å²) < 4.78 is 69.9. The summed E-state index contributed by atoms with van der Waals surface area (Å²) in [5.74, 6) is -2.51. The zero-order chi connectivity index (χ0) is 22.1. The first kappa shape index (κ1) is 22.2. The van der Waals surface area contributed by atoms with Crippen LogP contribution in [0.15, 0.2) is 29.4 Å². The number of Topliss-reactive ketones (excluding diaryl/α,β-unsaturated/α-hetero) is 1. The Morgan fingerprint density at radius 1 is 1.33 bits per heavy atom. The Morgan fingerprint density at radius 3 is 2.57 bits per heavy atom. The molecule has 8 nitrogen and oxygen atoms in total. The molecule has 3 heterocycles. The van der Waals surface area contributed by atoms with Gasteiger partial charge in [-0.1, -0.05) is 11.6 Å². The van der Waals surface area contributed by atoms with Crippen LogP contribution in [0.25, 0.3) is 0 Å². The number of hydrogen-bond acceptors (Lipinski definition) is 6. The molecule has 1 fully saturated rings. The molecule has 0 radical (unpaired) electrons. The highest BCUT2D eigenvalue weighted by atomic mass is 35.5. The number of ether oxygens (including phenoxy) is 1. The van der Waals surface area contributed by atoms with Crippen LogP contribution in [0.4, 0.5) is 13.2 Å². The van der Waals surface area contributed by atoms with Crippen molar-refractivity contribution in [3.63, 3.8) is 0 Å². The van der Waals surface area contributed by atoms with E-state index in [1.807, 2.05) is 0 Å². The third-order valence-electron chi connectivity index (χ3n) is 4.39. The van der Waals surface area contributed by atoms with E-state index >= 15 is 0 Å². The van der Waals surface area contributed by atoms with E-state index < -0.39 is 38.5 Å². The van der Waals surface area contributed by atoms with E-state index in [-0.39, 0.29) is 42.6 Å². The van der Waals surface area contributed by atoms with E-state index in [4.69, 9.17) is 16.3 Å². The van der Waals surface area contributed by atoms with Gasteiger partial charge in [0.05, 0.1) is 41.3 Å². The Kier molecular flexibility index (Phi) is 6.19. The lowest BCUT2D eigenvalue weighted by atomic mass is 9.98. The summed E-state index contributed by atoms with van der Waals surface area (Å²) in [6.45, 7) is 0.791. The lowest BCUT2D eigenvalue weighted by Gasteiger charge is -2.25. The second-order valence-electron chi connectivity index (χ2n) is 6.28. The summed E-state index contributed by atoms with van der Waals surface area (Å²) in [6.07, 6.45) is -3.11. The molecule has 0 saturated carbocycles. The number of nitrogens with one attached hydrogen (secondary N) is 1. The molecule has 0 aromatic carbocycles. The van der Waals surface area contributed by atoms with Crippen LogP contribution in [0.3, 0.4) is 0 Å². The number of carbonyl (C=O) groups is 1. The molecule has 0 bridgehead atoms. The smallest absolute Gasteiger partial charge is 0.379 e. The van der Waals surface area contributed by atoms with Crippen LogP contribution in [-0.4, -0.2) is 54.8 Å². The second kappa shape index (κ2) is 8.35. The number of alkyl halides is 3. The normalized spacial score (nSPS) is 16.8. The summed E-state index contributed by atoms with van der Waals surface area (Å²) in [6, 6.07) is 3.29. The van der Waals surface area contributed by atoms with Crippen LogP contribution >= 0.6 is 11.6 Å². The number of halogens is 4.